The number of amides is 2. The third-order valence-corrected chi connectivity index (χ3v) is 3.83. The number of aliphatic hydroxyl groups excluding tert-OH is 1. The number of halogens is 1. The molecule has 0 heterocycles. The number of benzene rings is 1. The first-order chi connectivity index (χ1) is 10.6. The SMILES string of the molecule is CCC(CO)NC(=O)Nc1ccc(OC2CCCC2)c(F)c1. The Bertz CT molecular complexity index is 500. The number of rotatable bonds is 6. The summed E-state index contributed by atoms with van der Waals surface area (Å²) in [7, 11) is 0. The second-order valence-electron chi connectivity index (χ2n) is 5.56. The van der Waals surface area contributed by atoms with Gasteiger partial charge in [0.15, 0.2) is 11.6 Å². The molecule has 0 aliphatic heterocycles. The van der Waals surface area contributed by atoms with Crippen LogP contribution in [0.1, 0.15) is 39.0 Å². The van der Waals surface area contributed by atoms with Crippen molar-refractivity contribution in [2.24, 2.45) is 0 Å². The van der Waals surface area contributed by atoms with Crippen LogP contribution in [0.4, 0.5) is 14.9 Å². The van der Waals surface area contributed by atoms with E-state index in [-0.39, 0.29) is 24.5 Å². The first-order valence-corrected chi connectivity index (χ1v) is 7.77. The van der Waals surface area contributed by atoms with E-state index in [0.717, 1.165) is 25.7 Å². The van der Waals surface area contributed by atoms with Gasteiger partial charge in [0.2, 0.25) is 0 Å². The molecule has 1 saturated carbocycles. The van der Waals surface area contributed by atoms with Gasteiger partial charge in [-0.15, -0.1) is 0 Å². The van der Waals surface area contributed by atoms with Crippen LogP contribution in [0.2, 0.25) is 0 Å². The van der Waals surface area contributed by atoms with Crippen molar-refractivity contribution < 1.29 is 19.0 Å². The lowest BCUT2D eigenvalue weighted by molar-refractivity contribution is 0.201. The molecule has 1 fully saturated rings. The Labute approximate surface area is 129 Å². The predicted molar refractivity (Wildman–Crippen MR) is 82.6 cm³/mol. The van der Waals surface area contributed by atoms with E-state index in [1.807, 2.05) is 6.92 Å². The van der Waals surface area contributed by atoms with Crippen LogP contribution in [-0.2, 0) is 0 Å². The molecule has 1 aromatic carbocycles. The summed E-state index contributed by atoms with van der Waals surface area (Å²) in [5.74, 6) is -0.265. The lowest BCUT2D eigenvalue weighted by Crippen LogP contribution is -2.39. The first-order valence-electron chi connectivity index (χ1n) is 7.77. The van der Waals surface area contributed by atoms with Crippen molar-refractivity contribution in [2.75, 3.05) is 11.9 Å². The molecule has 1 atom stereocenters. The fraction of sp³-hybridized carbons (Fsp3) is 0.562. The average Bonchev–Trinajstić information content (AvgIpc) is 3.00. The molecule has 0 saturated heterocycles. The molecule has 1 unspecified atom stereocenters. The molecule has 22 heavy (non-hydrogen) atoms. The number of hydrogen-bond acceptors (Lipinski definition) is 3. The van der Waals surface area contributed by atoms with Crippen molar-refractivity contribution in [1.29, 1.82) is 0 Å². The van der Waals surface area contributed by atoms with E-state index in [1.165, 1.54) is 12.1 Å². The van der Waals surface area contributed by atoms with Crippen molar-refractivity contribution in [3.63, 3.8) is 0 Å². The predicted octanol–water partition coefficient (Wildman–Crippen LogP) is 3.04. The topological polar surface area (TPSA) is 70.6 Å². The van der Waals surface area contributed by atoms with Crippen LogP contribution in [-0.4, -0.2) is 29.9 Å². The third kappa shape index (κ3) is 4.59. The van der Waals surface area contributed by atoms with E-state index in [4.69, 9.17) is 9.84 Å². The minimum absolute atomic E-state index is 0.0893. The van der Waals surface area contributed by atoms with Gasteiger partial charge >= 0.3 is 6.03 Å². The van der Waals surface area contributed by atoms with Crippen LogP contribution >= 0.6 is 0 Å². The molecule has 122 valence electrons. The Morgan fingerprint density at radius 1 is 1.45 bits per heavy atom. The highest BCUT2D eigenvalue weighted by Crippen LogP contribution is 2.27. The third-order valence-electron chi connectivity index (χ3n) is 3.83. The number of nitrogens with one attached hydrogen (secondary N) is 2. The Balaban J connectivity index is 1.92. The molecule has 1 aliphatic carbocycles. The lowest BCUT2D eigenvalue weighted by atomic mass is 10.2. The van der Waals surface area contributed by atoms with Gasteiger partial charge in [0, 0.05) is 11.8 Å². The van der Waals surface area contributed by atoms with Gasteiger partial charge in [-0.25, -0.2) is 9.18 Å². The van der Waals surface area contributed by atoms with Gasteiger partial charge in [0.05, 0.1) is 18.8 Å². The molecule has 1 aromatic rings. The number of ether oxygens (including phenoxy) is 1. The number of anilines is 1. The molecule has 0 aromatic heterocycles. The highest BCUT2D eigenvalue weighted by atomic mass is 19.1. The Hall–Kier alpha value is -1.82. The number of carbonyl (C=O) groups excluding carboxylic acids is 1. The normalized spacial score (nSPS) is 16.3. The van der Waals surface area contributed by atoms with Crippen LogP contribution in [0.15, 0.2) is 18.2 Å². The van der Waals surface area contributed by atoms with Crippen molar-refractivity contribution >= 4 is 11.7 Å². The van der Waals surface area contributed by atoms with Gasteiger partial charge < -0.3 is 20.5 Å². The molecular weight excluding hydrogens is 287 g/mol. The zero-order valence-corrected chi connectivity index (χ0v) is 12.8. The minimum Gasteiger partial charge on any atom is -0.487 e. The van der Waals surface area contributed by atoms with Gasteiger partial charge in [-0.2, -0.15) is 0 Å². The van der Waals surface area contributed by atoms with Gasteiger partial charge in [0.1, 0.15) is 0 Å². The monoisotopic (exact) mass is 310 g/mol. The largest absolute Gasteiger partial charge is 0.487 e. The Kier molecular flexibility index (Phi) is 6.00. The van der Waals surface area contributed by atoms with E-state index in [0.29, 0.717) is 12.1 Å². The molecule has 2 amide bonds. The molecular formula is C16H23FN2O3. The van der Waals surface area contributed by atoms with E-state index < -0.39 is 11.8 Å². The van der Waals surface area contributed by atoms with Crippen LogP contribution in [0.5, 0.6) is 5.75 Å². The number of carbonyl (C=O) groups is 1. The second kappa shape index (κ2) is 7.98. The summed E-state index contributed by atoms with van der Waals surface area (Å²) in [5.41, 5.74) is 0.349. The minimum atomic E-state index is -0.487. The van der Waals surface area contributed by atoms with E-state index in [9.17, 15) is 9.18 Å². The number of aliphatic hydroxyl groups is 1. The number of hydrogen-bond donors (Lipinski definition) is 3. The molecule has 0 radical (unpaired) electrons. The molecule has 1 aliphatic rings. The first kappa shape index (κ1) is 16.5. The maximum atomic E-state index is 14.0. The molecule has 5 nitrogen and oxygen atoms in total. The highest BCUT2D eigenvalue weighted by Gasteiger charge is 2.18. The zero-order valence-electron chi connectivity index (χ0n) is 12.8. The summed E-state index contributed by atoms with van der Waals surface area (Å²) in [6.07, 6.45) is 4.87. The van der Waals surface area contributed by atoms with Crippen molar-refractivity contribution in [3.05, 3.63) is 24.0 Å². The second-order valence-corrected chi connectivity index (χ2v) is 5.56. The van der Waals surface area contributed by atoms with Crippen molar-refractivity contribution in [3.8, 4) is 5.75 Å². The zero-order chi connectivity index (χ0) is 15.9. The van der Waals surface area contributed by atoms with E-state index in [2.05, 4.69) is 10.6 Å². The van der Waals surface area contributed by atoms with Gasteiger partial charge in [-0.1, -0.05) is 6.92 Å². The fourth-order valence-corrected chi connectivity index (χ4v) is 2.49. The van der Waals surface area contributed by atoms with E-state index >= 15 is 0 Å². The van der Waals surface area contributed by atoms with Crippen molar-refractivity contribution in [2.45, 2.75) is 51.2 Å². The van der Waals surface area contributed by atoms with Crippen LogP contribution in [0.3, 0.4) is 0 Å². The smallest absolute Gasteiger partial charge is 0.319 e. The van der Waals surface area contributed by atoms with E-state index in [1.54, 1.807) is 6.07 Å². The molecule has 2 rings (SSSR count). The average molecular weight is 310 g/mol. The van der Waals surface area contributed by atoms with Gasteiger partial charge in [-0.05, 0) is 44.2 Å². The summed E-state index contributed by atoms with van der Waals surface area (Å²) >= 11 is 0. The number of urea groups is 1. The van der Waals surface area contributed by atoms with Crippen molar-refractivity contribution in [1.82, 2.24) is 5.32 Å². The van der Waals surface area contributed by atoms with Crippen LogP contribution in [0, 0.1) is 5.82 Å². The highest BCUT2D eigenvalue weighted by molar-refractivity contribution is 5.89. The molecule has 3 N–H and O–H groups in total. The Morgan fingerprint density at radius 3 is 2.77 bits per heavy atom. The molecule has 6 heteroatoms. The summed E-state index contributed by atoms with van der Waals surface area (Å²) in [6.45, 7) is 1.72. The summed E-state index contributed by atoms with van der Waals surface area (Å²) in [5, 5.41) is 14.2. The summed E-state index contributed by atoms with van der Waals surface area (Å²) < 4.78 is 19.6. The standard InChI is InChI=1S/C16H23FN2O3/c1-2-11(10-20)18-16(21)19-12-7-8-15(14(17)9-12)22-13-5-3-4-6-13/h7-9,11,13,20H,2-6,10H2,1H3,(H2,18,19,21). The summed E-state index contributed by atoms with van der Waals surface area (Å²) in [6, 6.07) is 3.60. The Morgan fingerprint density at radius 2 is 2.18 bits per heavy atom. The quantitative estimate of drug-likeness (QED) is 0.756. The fourth-order valence-electron chi connectivity index (χ4n) is 2.49. The summed E-state index contributed by atoms with van der Waals surface area (Å²) in [4.78, 5) is 11.7. The van der Waals surface area contributed by atoms with Gasteiger partial charge in [0.25, 0.3) is 0 Å². The van der Waals surface area contributed by atoms with Crippen LogP contribution < -0.4 is 15.4 Å². The maximum absolute atomic E-state index is 14.0. The van der Waals surface area contributed by atoms with Crippen LogP contribution in [0.25, 0.3) is 0 Å². The molecule has 0 spiro atoms. The lowest BCUT2D eigenvalue weighted by Gasteiger charge is -2.16. The maximum Gasteiger partial charge on any atom is 0.319 e. The molecule has 0 bridgehead atoms. The van der Waals surface area contributed by atoms with Gasteiger partial charge in [-0.3, -0.25) is 0 Å².